The van der Waals surface area contributed by atoms with Crippen molar-refractivity contribution in [2.75, 3.05) is 6.61 Å². The van der Waals surface area contributed by atoms with Crippen LogP contribution in [0, 0.1) is 12.7 Å². The molecule has 1 aromatic heterocycles. The van der Waals surface area contributed by atoms with Gasteiger partial charge in [-0.15, -0.1) is 0 Å². The lowest BCUT2D eigenvalue weighted by Crippen LogP contribution is -2.34. The Bertz CT molecular complexity index is 827. The zero-order valence-electron chi connectivity index (χ0n) is 14.5. The summed E-state index contributed by atoms with van der Waals surface area (Å²) in [4.78, 5) is 14.3. The van der Waals surface area contributed by atoms with Gasteiger partial charge in [0, 0.05) is 6.54 Å². The van der Waals surface area contributed by atoms with Gasteiger partial charge in [-0.25, -0.2) is 4.39 Å². The lowest BCUT2D eigenvalue weighted by molar-refractivity contribution is -0.134. The molecule has 0 N–H and O–H groups in total. The minimum Gasteiger partial charge on any atom is -0.484 e. The monoisotopic (exact) mass is 353 g/mol. The number of benzene rings is 2. The van der Waals surface area contributed by atoms with Gasteiger partial charge in [0.1, 0.15) is 17.3 Å². The van der Waals surface area contributed by atoms with Crippen LogP contribution in [0.15, 0.2) is 71.3 Å². The standard InChI is InChI=1S/C21H20FNO3/c1-16-4-6-17(7-5-16)13-23(14-20-3-2-12-25-20)21(24)15-26-19-10-8-18(22)9-11-19/h2-12H,13-15H2,1H3. The third-order valence-corrected chi connectivity index (χ3v) is 3.95. The Hall–Kier alpha value is -3.08. The minimum atomic E-state index is -0.345. The topological polar surface area (TPSA) is 42.7 Å². The van der Waals surface area contributed by atoms with Crippen molar-refractivity contribution >= 4 is 5.91 Å². The van der Waals surface area contributed by atoms with Gasteiger partial charge < -0.3 is 14.1 Å². The predicted octanol–water partition coefficient (Wildman–Crippen LogP) is 4.33. The third-order valence-electron chi connectivity index (χ3n) is 3.95. The number of nitrogens with zero attached hydrogens (tertiary/aromatic N) is 1. The molecule has 1 amide bonds. The fraction of sp³-hybridized carbons (Fsp3) is 0.190. The number of rotatable bonds is 7. The number of amides is 1. The molecule has 0 saturated carbocycles. The first kappa shape index (κ1) is 17.7. The number of carbonyl (C=O) groups is 1. The van der Waals surface area contributed by atoms with Gasteiger partial charge in [0.2, 0.25) is 0 Å². The summed E-state index contributed by atoms with van der Waals surface area (Å²) >= 11 is 0. The van der Waals surface area contributed by atoms with E-state index in [1.807, 2.05) is 37.3 Å². The molecule has 26 heavy (non-hydrogen) atoms. The zero-order chi connectivity index (χ0) is 18.4. The summed E-state index contributed by atoms with van der Waals surface area (Å²) in [5, 5.41) is 0. The molecule has 0 fully saturated rings. The Labute approximate surface area is 151 Å². The maximum absolute atomic E-state index is 13.0. The molecule has 134 valence electrons. The first-order valence-corrected chi connectivity index (χ1v) is 8.34. The lowest BCUT2D eigenvalue weighted by Gasteiger charge is -2.22. The van der Waals surface area contributed by atoms with Crippen LogP contribution in [-0.2, 0) is 17.9 Å². The van der Waals surface area contributed by atoms with Crippen LogP contribution in [-0.4, -0.2) is 17.4 Å². The quantitative estimate of drug-likeness (QED) is 0.635. The molecule has 0 radical (unpaired) electrons. The van der Waals surface area contributed by atoms with Crippen LogP contribution in [0.4, 0.5) is 4.39 Å². The smallest absolute Gasteiger partial charge is 0.261 e. The van der Waals surface area contributed by atoms with E-state index in [0.717, 1.165) is 11.1 Å². The van der Waals surface area contributed by atoms with E-state index in [-0.39, 0.29) is 18.3 Å². The van der Waals surface area contributed by atoms with Crippen LogP contribution in [0.3, 0.4) is 0 Å². The van der Waals surface area contributed by atoms with Crippen LogP contribution in [0.1, 0.15) is 16.9 Å². The summed E-state index contributed by atoms with van der Waals surface area (Å²) in [7, 11) is 0. The summed E-state index contributed by atoms with van der Waals surface area (Å²) < 4.78 is 23.8. The summed E-state index contributed by atoms with van der Waals surface area (Å²) in [6.07, 6.45) is 1.58. The van der Waals surface area contributed by atoms with Crippen molar-refractivity contribution in [2.24, 2.45) is 0 Å². The Kier molecular flexibility index (Phi) is 5.69. The van der Waals surface area contributed by atoms with Gasteiger partial charge in [0.25, 0.3) is 5.91 Å². The van der Waals surface area contributed by atoms with Crippen LogP contribution >= 0.6 is 0 Å². The highest BCUT2D eigenvalue weighted by molar-refractivity contribution is 5.77. The fourth-order valence-electron chi connectivity index (χ4n) is 2.50. The predicted molar refractivity (Wildman–Crippen MR) is 96.0 cm³/mol. The largest absolute Gasteiger partial charge is 0.484 e. The van der Waals surface area contributed by atoms with Crippen molar-refractivity contribution in [2.45, 2.75) is 20.0 Å². The zero-order valence-corrected chi connectivity index (χ0v) is 14.5. The number of furan rings is 1. The van der Waals surface area contributed by atoms with Crippen molar-refractivity contribution in [3.63, 3.8) is 0 Å². The van der Waals surface area contributed by atoms with E-state index in [4.69, 9.17) is 9.15 Å². The van der Waals surface area contributed by atoms with Gasteiger partial charge in [0.15, 0.2) is 6.61 Å². The van der Waals surface area contributed by atoms with Gasteiger partial charge in [0.05, 0.1) is 12.8 Å². The number of aryl methyl sites for hydroxylation is 1. The molecule has 0 saturated heterocycles. The molecule has 0 aliphatic heterocycles. The number of hydrogen-bond acceptors (Lipinski definition) is 3. The lowest BCUT2D eigenvalue weighted by atomic mass is 10.1. The van der Waals surface area contributed by atoms with E-state index in [1.165, 1.54) is 24.3 Å². The molecule has 2 aromatic carbocycles. The van der Waals surface area contributed by atoms with E-state index in [1.54, 1.807) is 17.2 Å². The van der Waals surface area contributed by atoms with Crippen LogP contribution < -0.4 is 4.74 Å². The molecular formula is C21H20FNO3. The number of hydrogen-bond donors (Lipinski definition) is 0. The van der Waals surface area contributed by atoms with Gasteiger partial charge in [-0.3, -0.25) is 4.79 Å². The summed E-state index contributed by atoms with van der Waals surface area (Å²) in [6.45, 7) is 2.70. The molecule has 3 aromatic rings. The van der Waals surface area contributed by atoms with Crippen LogP contribution in [0.25, 0.3) is 0 Å². The second-order valence-electron chi connectivity index (χ2n) is 6.06. The molecular weight excluding hydrogens is 333 g/mol. The maximum atomic E-state index is 13.0. The van der Waals surface area contributed by atoms with E-state index in [9.17, 15) is 9.18 Å². The van der Waals surface area contributed by atoms with Crippen molar-refractivity contribution in [3.8, 4) is 5.75 Å². The Morgan fingerprint density at radius 1 is 1.04 bits per heavy atom. The van der Waals surface area contributed by atoms with Crippen LogP contribution in [0.5, 0.6) is 5.75 Å². The van der Waals surface area contributed by atoms with Gasteiger partial charge in [-0.2, -0.15) is 0 Å². The first-order valence-electron chi connectivity index (χ1n) is 8.34. The highest BCUT2D eigenvalue weighted by atomic mass is 19.1. The average Bonchev–Trinajstić information content (AvgIpc) is 3.15. The number of carbonyl (C=O) groups excluding carboxylic acids is 1. The Morgan fingerprint density at radius 3 is 2.42 bits per heavy atom. The van der Waals surface area contributed by atoms with E-state index < -0.39 is 0 Å². The van der Waals surface area contributed by atoms with Crippen molar-refractivity contribution in [1.82, 2.24) is 4.90 Å². The SMILES string of the molecule is Cc1ccc(CN(Cc2ccco2)C(=O)COc2ccc(F)cc2)cc1. The van der Waals surface area contributed by atoms with E-state index in [2.05, 4.69) is 0 Å². The Balaban J connectivity index is 1.67. The van der Waals surface area contributed by atoms with Gasteiger partial charge >= 0.3 is 0 Å². The molecule has 1 heterocycles. The van der Waals surface area contributed by atoms with Crippen molar-refractivity contribution in [3.05, 3.63) is 89.6 Å². The summed E-state index contributed by atoms with van der Waals surface area (Å²) in [5.41, 5.74) is 2.19. The molecule has 0 aliphatic carbocycles. The van der Waals surface area contributed by atoms with Crippen LogP contribution in [0.2, 0.25) is 0 Å². The van der Waals surface area contributed by atoms with E-state index >= 15 is 0 Å². The Morgan fingerprint density at radius 2 is 1.77 bits per heavy atom. The molecule has 0 bridgehead atoms. The minimum absolute atomic E-state index is 0.127. The highest BCUT2D eigenvalue weighted by Crippen LogP contribution is 2.14. The molecule has 5 heteroatoms. The molecule has 0 atom stereocenters. The molecule has 0 aliphatic rings. The van der Waals surface area contributed by atoms with Crippen molar-refractivity contribution < 1.29 is 18.3 Å². The number of ether oxygens (including phenoxy) is 1. The first-order chi connectivity index (χ1) is 12.6. The fourth-order valence-corrected chi connectivity index (χ4v) is 2.50. The second-order valence-corrected chi connectivity index (χ2v) is 6.06. The molecule has 4 nitrogen and oxygen atoms in total. The van der Waals surface area contributed by atoms with E-state index in [0.29, 0.717) is 24.6 Å². The molecule has 3 rings (SSSR count). The summed E-state index contributed by atoms with van der Waals surface area (Å²) in [6, 6.07) is 17.2. The number of halogens is 1. The van der Waals surface area contributed by atoms with Gasteiger partial charge in [-0.05, 0) is 48.9 Å². The molecule has 0 unspecified atom stereocenters. The highest BCUT2D eigenvalue weighted by Gasteiger charge is 2.17. The summed E-state index contributed by atoms with van der Waals surface area (Å²) in [5.74, 6) is 0.633. The average molecular weight is 353 g/mol. The van der Waals surface area contributed by atoms with Gasteiger partial charge in [-0.1, -0.05) is 29.8 Å². The second kappa shape index (κ2) is 8.34. The molecule has 0 spiro atoms. The third kappa shape index (κ3) is 4.96. The normalized spacial score (nSPS) is 10.5. The van der Waals surface area contributed by atoms with Crippen molar-refractivity contribution in [1.29, 1.82) is 0 Å². The maximum Gasteiger partial charge on any atom is 0.261 e.